The van der Waals surface area contributed by atoms with Crippen molar-refractivity contribution in [1.82, 2.24) is 14.4 Å². The molecule has 2 aromatic heterocycles. The fourth-order valence-electron chi connectivity index (χ4n) is 0.915. The highest BCUT2D eigenvalue weighted by Gasteiger charge is 1.96. The second-order valence-electron chi connectivity index (χ2n) is 2.19. The Morgan fingerprint density at radius 1 is 1.45 bits per heavy atom. The highest BCUT2D eigenvalue weighted by atomic mass is 19.1. The maximum Gasteiger partial charge on any atom is 0.233 e. The van der Waals surface area contributed by atoms with E-state index in [-0.39, 0.29) is 0 Å². The smallest absolute Gasteiger partial charge is 0.233 e. The van der Waals surface area contributed by atoms with E-state index < -0.39 is 6.67 Å². The molecule has 0 aliphatic rings. The number of rotatable bonds is 1. The lowest BCUT2D eigenvalue weighted by molar-refractivity contribution is 0.476. The minimum Gasteiger partial charge on any atom is -0.291 e. The molecule has 0 amide bonds. The molecule has 0 bridgehead atoms. The summed E-state index contributed by atoms with van der Waals surface area (Å²) in [7, 11) is 0. The maximum atomic E-state index is 12.1. The Balaban J connectivity index is 2.67. The lowest BCUT2D eigenvalue weighted by atomic mass is 10.4. The van der Waals surface area contributed by atoms with Gasteiger partial charge >= 0.3 is 0 Å². The van der Waals surface area contributed by atoms with Gasteiger partial charge in [0.05, 0.1) is 5.69 Å². The van der Waals surface area contributed by atoms with E-state index in [4.69, 9.17) is 0 Å². The van der Waals surface area contributed by atoms with Gasteiger partial charge in [-0.1, -0.05) is 0 Å². The summed E-state index contributed by atoms with van der Waals surface area (Å²) < 4.78 is 13.8. The minimum atomic E-state index is -0.538. The van der Waals surface area contributed by atoms with Crippen molar-refractivity contribution in [2.45, 2.75) is 6.67 Å². The number of nitrogens with zero attached hydrogens (tertiary/aromatic N) is 3. The van der Waals surface area contributed by atoms with Crippen LogP contribution in [0.2, 0.25) is 0 Å². The molecule has 4 heteroatoms. The number of imidazole rings is 1. The van der Waals surface area contributed by atoms with Crippen LogP contribution in [0.3, 0.4) is 0 Å². The van der Waals surface area contributed by atoms with Crippen molar-refractivity contribution in [3.05, 3.63) is 30.4 Å². The summed E-state index contributed by atoms with van der Waals surface area (Å²) in [5.74, 6) is 0.542. The summed E-state index contributed by atoms with van der Waals surface area (Å²) >= 11 is 0. The minimum absolute atomic E-state index is 0.420. The molecule has 0 spiro atoms. The van der Waals surface area contributed by atoms with Crippen molar-refractivity contribution >= 4 is 5.78 Å². The van der Waals surface area contributed by atoms with Crippen molar-refractivity contribution in [3.8, 4) is 0 Å². The Bertz CT molecular complexity index is 368. The quantitative estimate of drug-likeness (QED) is 0.613. The highest BCUT2D eigenvalue weighted by Crippen LogP contribution is 2.00. The fraction of sp³-hybridized carbons (Fsp3) is 0.143. The summed E-state index contributed by atoms with van der Waals surface area (Å²) in [5, 5.41) is 0. The van der Waals surface area contributed by atoms with Crippen molar-refractivity contribution in [1.29, 1.82) is 0 Å². The molecule has 0 atom stereocenters. The molecule has 0 saturated heterocycles. The summed E-state index contributed by atoms with van der Waals surface area (Å²) in [4.78, 5) is 7.84. The Labute approximate surface area is 62.5 Å². The summed E-state index contributed by atoms with van der Waals surface area (Å²) in [6, 6.07) is 1.63. The van der Waals surface area contributed by atoms with Crippen LogP contribution in [0.1, 0.15) is 5.69 Å². The lowest BCUT2D eigenvalue weighted by Gasteiger charge is -1.93. The molecule has 0 fully saturated rings. The first-order chi connectivity index (χ1) is 5.40. The van der Waals surface area contributed by atoms with E-state index in [1.54, 1.807) is 29.1 Å². The molecule has 2 rings (SSSR count). The molecule has 0 saturated carbocycles. The molecule has 56 valence electrons. The largest absolute Gasteiger partial charge is 0.291 e. The standard InChI is InChI=1S/C7H6FN3/c8-5-6-1-3-11-4-2-9-7(11)10-6/h1-4H,5H2. The van der Waals surface area contributed by atoms with E-state index in [9.17, 15) is 4.39 Å². The summed E-state index contributed by atoms with van der Waals surface area (Å²) in [6.07, 6.45) is 5.14. The predicted molar refractivity (Wildman–Crippen MR) is 37.8 cm³/mol. The van der Waals surface area contributed by atoms with Gasteiger partial charge in [-0.2, -0.15) is 0 Å². The first-order valence-electron chi connectivity index (χ1n) is 3.25. The Morgan fingerprint density at radius 3 is 3.18 bits per heavy atom. The second kappa shape index (κ2) is 2.30. The predicted octanol–water partition coefficient (Wildman–Crippen LogP) is 1.20. The molecule has 0 radical (unpaired) electrons. The Kier molecular flexibility index (Phi) is 1.31. The third-order valence-electron chi connectivity index (χ3n) is 1.46. The van der Waals surface area contributed by atoms with Crippen LogP contribution >= 0.6 is 0 Å². The first kappa shape index (κ1) is 6.27. The van der Waals surface area contributed by atoms with E-state index in [1.165, 1.54) is 0 Å². The van der Waals surface area contributed by atoms with E-state index >= 15 is 0 Å². The van der Waals surface area contributed by atoms with Gasteiger partial charge in [-0.3, -0.25) is 4.40 Å². The van der Waals surface area contributed by atoms with Gasteiger partial charge < -0.3 is 0 Å². The SMILES string of the molecule is FCc1ccn2ccnc2n1. The third-order valence-corrected chi connectivity index (χ3v) is 1.46. The second-order valence-corrected chi connectivity index (χ2v) is 2.19. The van der Waals surface area contributed by atoms with Crippen LogP contribution in [0, 0.1) is 0 Å². The topological polar surface area (TPSA) is 30.2 Å². The first-order valence-corrected chi connectivity index (χ1v) is 3.25. The fourth-order valence-corrected chi connectivity index (χ4v) is 0.915. The molecule has 0 aliphatic heterocycles. The monoisotopic (exact) mass is 151 g/mol. The molecule has 3 nitrogen and oxygen atoms in total. The third kappa shape index (κ3) is 0.960. The van der Waals surface area contributed by atoms with E-state index in [2.05, 4.69) is 9.97 Å². The average Bonchev–Trinajstić information content (AvgIpc) is 2.50. The van der Waals surface area contributed by atoms with Crippen LogP contribution in [0.5, 0.6) is 0 Å². The van der Waals surface area contributed by atoms with Crippen molar-refractivity contribution in [3.63, 3.8) is 0 Å². The number of fused-ring (bicyclic) bond motifs is 1. The zero-order valence-electron chi connectivity index (χ0n) is 5.74. The zero-order chi connectivity index (χ0) is 7.68. The van der Waals surface area contributed by atoms with Gasteiger partial charge in [-0.05, 0) is 6.07 Å². The maximum absolute atomic E-state index is 12.1. The van der Waals surface area contributed by atoms with Gasteiger partial charge in [0, 0.05) is 18.6 Å². The van der Waals surface area contributed by atoms with Crippen LogP contribution in [0.4, 0.5) is 4.39 Å². The number of halogens is 1. The van der Waals surface area contributed by atoms with Gasteiger partial charge in [0.15, 0.2) is 0 Å². The van der Waals surface area contributed by atoms with Crippen molar-refractivity contribution < 1.29 is 4.39 Å². The molecule has 0 unspecified atom stereocenters. The molecule has 0 N–H and O–H groups in total. The van der Waals surface area contributed by atoms with Crippen LogP contribution < -0.4 is 0 Å². The van der Waals surface area contributed by atoms with Gasteiger partial charge in [-0.15, -0.1) is 0 Å². The molecular formula is C7H6FN3. The van der Waals surface area contributed by atoms with Crippen molar-refractivity contribution in [2.75, 3.05) is 0 Å². The number of hydrogen-bond donors (Lipinski definition) is 0. The molecule has 11 heavy (non-hydrogen) atoms. The molecular weight excluding hydrogens is 145 g/mol. The molecule has 0 aromatic carbocycles. The normalized spacial score (nSPS) is 10.6. The van der Waals surface area contributed by atoms with Crippen LogP contribution in [-0.2, 0) is 6.67 Å². The van der Waals surface area contributed by atoms with Crippen molar-refractivity contribution in [2.24, 2.45) is 0 Å². The molecule has 0 aliphatic carbocycles. The van der Waals surface area contributed by atoms with Gasteiger partial charge in [0.1, 0.15) is 6.67 Å². The highest BCUT2D eigenvalue weighted by molar-refractivity contribution is 5.28. The lowest BCUT2D eigenvalue weighted by Crippen LogP contribution is -1.91. The molecule has 2 aromatic rings. The van der Waals surface area contributed by atoms with Gasteiger partial charge in [-0.25, -0.2) is 14.4 Å². The van der Waals surface area contributed by atoms with E-state index in [1.807, 2.05) is 0 Å². The zero-order valence-corrected chi connectivity index (χ0v) is 5.74. The summed E-state index contributed by atoms with van der Waals surface area (Å²) in [5.41, 5.74) is 0.420. The number of alkyl halides is 1. The van der Waals surface area contributed by atoms with Crippen LogP contribution in [-0.4, -0.2) is 14.4 Å². The van der Waals surface area contributed by atoms with E-state index in [0.717, 1.165) is 0 Å². The van der Waals surface area contributed by atoms with E-state index in [0.29, 0.717) is 11.5 Å². The van der Waals surface area contributed by atoms with Crippen LogP contribution in [0.25, 0.3) is 5.78 Å². The Morgan fingerprint density at radius 2 is 2.36 bits per heavy atom. The number of aromatic nitrogens is 3. The van der Waals surface area contributed by atoms with Gasteiger partial charge in [0.2, 0.25) is 5.78 Å². The average molecular weight is 151 g/mol. The summed E-state index contributed by atoms with van der Waals surface area (Å²) in [6.45, 7) is -0.538. The molecule has 2 heterocycles. The van der Waals surface area contributed by atoms with Crippen LogP contribution in [0.15, 0.2) is 24.7 Å². The van der Waals surface area contributed by atoms with Gasteiger partial charge in [0.25, 0.3) is 0 Å². The number of hydrogen-bond acceptors (Lipinski definition) is 2. The Hall–Kier alpha value is -1.45.